The van der Waals surface area contributed by atoms with E-state index in [0.29, 0.717) is 23.1 Å². The molecule has 1 amide bonds. The quantitative estimate of drug-likeness (QED) is 0.379. The van der Waals surface area contributed by atoms with Crippen LogP contribution in [0.4, 0.5) is 16.0 Å². The van der Waals surface area contributed by atoms with Crippen molar-refractivity contribution in [2.75, 3.05) is 36.8 Å². The largest absolute Gasteiger partial charge is 0.488 e. The van der Waals surface area contributed by atoms with Gasteiger partial charge in [0.25, 0.3) is 5.91 Å². The van der Waals surface area contributed by atoms with Gasteiger partial charge < -0.3 is 29.9 Å². The van der Waals surface area contributed by atoms with E-state index in [1.807, 2.05) is 13.8 Å². The molecule has 0 aliphatic carbocycles. The van der Waals surface area contributed by atoms with Gasteiger partial charge in [0.15, 0.2) is 5.76 Å². The van der Waals surface area contributed by atoms with Crippen LogP contribution in [-0.2, 0) is 4.74 Å². The Morgan fingerprint density at radius 1 is 1.29 bits per heavy atom. The monoisotopic (exact) mass is 450 g/mol. The molecule has 2 aromatic rings. The number of allylic oxidation sites excluding steroid dienone is 2. The molecule has 0 saturated carbocycles. The van der Waals surface area contributed by atoms with E-state index in [4.69, 9.17) is 19.3 Å². The molecule has 0 aliphatic rings. The number of hydrogen-bond donors (Lipinski definition) is 4. The second-order valence-corrected chi connectivity index (χ2v) is 7.78. The summed E-state index contributed by atoms with van der Waals surface area (Å²) in [5.74, 6) is -0.719. The van der Waals surface area contributed by atoms with Crippen LogP contribution < -0.4 is 26.3 Å². The smallest absolute Gasteiger partial charge is 0.381 e. The lowest BCUT2D eigenvalue weighted by Gasteiger charge is -2.23. The Morgan fingerprint density at radius 3 is 2.55 bits per heavy atom. The van der Waals surface area contributed by atoms with Crippen molar-refractivity contribution in [1.82, 2.24) is 10.2 Å². The number of anilines is 3. The lowest BCUT2D eigenvalue weighted by atomic mass is 10.0. The van der Waals surface area contributed by atoms with Crippen molar-refractivity contribution in [2.45, 2.75) is 26.8 Å². The second-order valence-electron chi connectivity index (χ2n) is 6.80. The standard InChI is InChI=1S/C19H26N6O5S/c1-10(2)13(9-28-4)22-12-8-14(30-17(27)15(12)29-5)16(26)23-19-25-24-18(31-19)21-11(3)6-7-20/h6-8,10,13,20,22H,9H2,1-5H3,(H,21,24)(H,23,25,26)/b11-6-,20-7?/t13-/m1/s1. The van der Waals surface area contributed by atoms with Gasteiger partial charge in [-0.25, -0.2) is 4.79 Å². The minimum Gasteiger partial charge on any atom is -0.488 e. The second kappa shape index (κ2) is 11.2. The van der Waals surface area contributed by atoms with Gasteiger partial charge in [0.1, 0.15) is 0 Å². The minimum atomic E-state index is -0.787. The molecule has 2 aromatic heterocycles. The van der Waals surface area contributed by atoms with Crippen LogP contribution in [0.15, 0.2) is 27.1 Å². The maximum absolute atomic E-state index is 12.6. The molecule has 12 heteroatoms. The number of hydrogen-bond acceptors (Lipinski definition) is 11. The molecule has 31 heavy (non-hydrogen) atoms. The van der Waals surface area contributed by atoms with E-state index >= 15 is 0 Å². The van der Waals surface area contributed by atoms with Crippen molar-refractivity contribution >= 4 is 39.4 Å². The van der Waals surface area contributed by atoms with Crippen molar-refractivity contribution in [1.29, 1.82) is 5.41 Å². The molecule has 168 valence electrons. The third-order valence-electron chi connectivity index (χ3n) is 4.11. The van der Waals surface area contributed by atoms with Crippen LogP contribution in [0.5, 0.6) is 5.75 Å². The molecule has 0 radical (unpaired) electrons. The first-order valence-corrected chi connectivity index (χ1v) is 10.2. The van der Waals surface area contributed by atoms with Crippen LogP contribution in [0.25, 0.3) is 0 Å². The van der Waals surface area contributed by atoms with Crippen LogP contribution in [0, 0.1) is 11.3 Å². The normalized spacial score (nSPS) is 12.4. The average Bonchev–Trinajstić information content (AvgIpc) is 3.13. The highest BCUT2D eigenvalue weighted by molar-refractivity contribution is 7.19. The topological polar surface area (TPSA) is 151 Å². The molecule has 2 rings (SSSR count). The van der Waals surface area contributed by atoms with E-state index in [2.05, 4.69) is 26.1 Å². The molecule has 0 aliphatic heterocycles. The van der Waals surface area contributed by atoms with Crippen LogP contribution in [0.1, 0.15) is 31.3 Å². The molecule has 0 unspecified atom stereocenters. The fourth-order valence-corrected chi connectivity index (χ4v) is 3.20. The summed E-state index contributed by atoms with van der Waals surface area (Å²) in [6, 6.07) is 1.28. The van der Waals surface area contributed by atoms with Gasteiger partial charge in [-0.05, 0) is 18.9 Å². The lowest BCUT2D eigenvalue weighted by Crippen LogP contribution is -2.31. The third-order valence-corrected chi connectivity index (χ3v) is 4.86. The van der Waals surface area contributed by atoms with Crippen LogP contribution in [-0.4, -0.2) is 49.2 Å². The zero-order chi connectivity index (χ0) is 23.0. The molecule has 2 heterocycles. The summed E-state index contributed by atoms with van der Waals surface area (Å²) in [5, 5.41) is 24.2. The predicted octanol–water partition coefficient (Wildman–Crippen LogP) is 2.80. The van der Waals surface area contributed by atoms with E-state index in [1.165, 1.54) is 13.2 Å². The molecule has 0 aromatic carbocycles. The summed E-state index contributed by atoms with van der Waals surface area (Å²) in [6.07, 6.45) is 2.69. The van der Waals surface area contributed by atoms with Gasteiger partial charge in [-0.3, -0.25) is 10.1 Å². The first-order valence-electron chi connectivity index (χ1n) is 9.35. The van der Waals surface area contributed by atoms with E-state index in [0.717, 1.165) is 17.6 Å². The Hall–Kier alpha value is -3.25. The summed E-state index contributed by atoms with van der Waals surface area (Å²) >= 11 is 1.09. The molecular formula is C19H26N6O5S. The Balaban J connectivity index is 2.24. The third kappa shape index (κ3) is 6.62. The zero-order valence-electron chi connectivity index (χ0n) is 17.9. The van der Waals surface area contributed by atoms with Crippen LogP contribution in [0.3, 0.4) is 0 Å². The molecule has 0 spiro atoms. The zero-order valence-corrected chi connectivity index (χ0v) is 18.8. The van der Waals surface area contributed by atoms with Crippen LogP contribution >= 0.6 is 11.3 Å². The maximum Gasteiger partial charge on any atom is 0.381 e. The number of amides is 1. The van der Waals surface area contributed by atoms with Gasteiger partial charge in [0, 0.05) is 25.1 Å². The first-order chi connectivity index (χ1) is 14.8. The Labute approximate surface area is 183 Å². The number of nitrogens with one attached hydrogen (secondary N) is 4. The molecular weight excluding hydrogens is 424 g/mol. The van der Waals surface area contributed by atoms with Gasteiger partial charge in [-0.15, -0.1) is 10.2 Å². The van der Waals surface area contributed by atoms with Gasteiger partial charge >= 0.3 is 5.63 Å². The number of rotatable bonds is 11. The SMILES string of the molecule is COC[C@@H](Nc1cc(C(=O)Nc2nnc(N/C(C)=C\C=N)s2)oc(=O)c1OC)C(C)C. The highest BCUT2D eigenvalue weighted by atomic mass is 32.1. The summed E-state index contributed by atoms with van der Waals surface area (Å²) in [5.41, 5.74) is 0.230. The van der Waals surface area contributed by atoms with E-state index < -0.39 is 11.5 Å². The molecule has 1 atom stereocenters. The summed E-state index contributed by atoms with van der Waals surface area (Å²) in [6.45, 7) is 6.17. The van der Waals surface area contributed by atoms with Gasteiger partial charge in [0.05, 0.1) is 25.4 Å². The summed E-state index contributed by atoms with van der Waals surface area (Å²) in [4.78, 5) is 25.0. The first kappa shape index (κ1) is 24.0. The van der Waals surface area contributed by atoms with Crippen LogP contribution in [0.2, 0.25) is 0 Å². The number of aromatic nitrogens is 2. The summed E-state index contributed by atoms with van der Waals surface area (Å²) in [7, 11) is 2.93. The number of carbonyl (C=O) groups excluding carboxylic acids is 1. The fraction of sp³-hybridized carbons (Fsp3) is 0.421. The van der Waals surface area contributed by atoms with E-state index in [-0.39, 0.29) is 28.6 Å². The Morgan fingerprint density at radius 2 is 1.97 bits per heavy atom. The number of ether oxygens (including phenoxy) is 2. The highest BCUT2D eigenvalue weighted by Crippen LogP contribution is 2.25. The highest BCUT2D eigenvalue weighted by Gasteiger charge is 2.22. The molecule has 0 fully saturated rings. The molecule has 0 saturated heterocycles. The average molecular weight is 451 g/mol. The van der Waals surface area contributed by atoms with Gasteiger partial charge in [0.2, 0.25) is 16.0 Å². The number of carbonyl (C=O) groups is 1. The number of methoxy groups -OCH3 is 2. The lowest BCUT2D eigenvalue weighted by molar-refractivity contribution is 0.0991. The Kier molecular flexibility index (Phi) is 8.70. The van der Waals surface area contributed by atoms with Crippen molar-refractivity contribution in [3.8, 4) is 5.75 Å². The molecule has 4 N–H and O–H groups in total. The molecule has 11 nitrogen and oxygen atoms in total. The van der Waals surface area contributed by atoms with Crippen molar-refractivity contribution < 1.29 is 18.7 Å². The predicted molar refractivity (Wildman–Crippen MR) is 120 cm³/mol. The van der Waals surface area contributed by atoms with Gasteiger partial charge in [-0.2, -0.15) is 0 Å². The van der Waals surface area contributed by atoms with Crippen molar-refractivity contribution in [2.24, 2.45) is 5.92 Å². The summed E-state index contributed by atoms with van der Waals surface area (Å²) < 4.78 is 15.5. The van der Waals surface area contributed by atoms with E-state index in [9.17, 15) is 9.59 Å². The number of nitrogens with zero attached hydrogens (tertiary/aromatic N) is 2. The Bertz CT molecular complexity index is 1000. The fourth-order valence-electron chi connectivity index (χ4n) is 2.49. The van der Waals surface area contributed by atoms with Crippen molar-refractivity contribution in [3.05, 3.63) is 34.0 Å². The molecule has 0 bridgehead atoms. The van der Waals surface area contributed by atoms with E-state index in [1.54, 1.807) is 20.1 Å². The maximum atomic E-state index is 12.6. The minimum absolute atomic E-state index is 0.0332. The van der Waals surface area contributed by atoms with Gasteiger partial charge in [-0.1, -0.05) is 25.2 Å². The van der Waals surface area contributed by atoms with Crippen molar-refractivity contribution in [3.63, 3.8) is 0 Å².